The molecule has 1 aromatic carbocycles. The molecule has 0 spiro atoms. The molecular weight excluding hydrogens is 294 g/mol. The lowest BCUT2D eigenvalue weighted by Gasteiger charge is -2.24. The van der Waals surface area contributed by atoms with E-state index in [0.29, 0.717) is 5.02 Å². The number of rotatable bonds is 6. The summed E-state index contributed by atoms with van der Waals surface area (Å²) in [5.74, 6) is 0.0554. The number of carbonyl (C=O) groups excluding carboxylic acids is 1. The standard InChI is InChI=1S/C15H20ClNO2S/c1-10(13(9-18)20-2)17-14(19)15(7-8-15)11-3-5-12(16)6-4-11/h3-6,10,13,18H,7-9H2,1-2H3,(H,17,19). The second kappa shape index (κ2) is 6.37. The zero-order chi connectivity index (χ0) is 14.8. The Morgan fingerprint density at radius 3 is 2.50 bits per heavy atom. The van der Waals surface area contributed by atoms with Crippen LogP contribution in [0, 0.1) is 0 Å². The van der Waals surface area contributed by atoms with Crippen molar-refractivity contribution in [1.82, 2.24) is 5.32 Å². The molecule has 1 saturated carbocycles. The molecule has 3 nitrogen and oxygen atoms in total. The molecule has 0 radical (unpaired) electrons. The molecule has 1 fully saturated rings. The smallest absolute Gasteiger partial charge is 0.230 e. The van der Waals surface area contributed by atoms with E-state index in [4.69, 9.17) is 11.6 Å². The number of thioether (sulfide) groups is 1. The lowest BCUT2D eigenvalue weighted by molar-refractivity contribution is -0.124. The summed E-state index contributed by atoms with van der Waals surface area (Å²) in [6, 6.07) is 7.46. The number of aliphatic hydroxyl groups is 1. The lowest BCUT2D eigenvalue weighted by Crippen LogP contribution is -2.45. The Labute approximate surface area is 129 Å². The zero-order valence-electron chi connectivity index (χ0n) is 11.7. The molecule has 1 aliphatic carbocycles. The van der Waals surface area contributed by atoms with Crippen molar-refractivity contribution in [2.75, 3.05) is 12.9 Å². The quantitative estimate of drug-likeness (QED) is 0.848. The molecule has 5 heteroatoms. The number of hydrogen-bond acceptors (Lipinski definition) is 3. The van der Waals surface area contributed by atoms with Crippen LogP contribution in [-0.2, 0) is 10.2 Å². The third-order valence-corrected chi connectivity index (χ3v) is 5.40. The van der Waals surface area contributed by atoms with E-state index in [9.17, 15) is 9.90 Å². The van der Waals surface area contributed by atoms with E-state index < -0.39 is 5.41 Å². The minimum Gasteiger partial charge on any atom is -0.395 e. The Bertz CT molecular complexity index is 469. The molecule has 1 amide bonds. The average Bonchev–Trinajstić information content (AvgIpc) is 3.22. The SMILES string of the molecule is CSC(CO)C(C)NC(=O)C1(c2ccc(Cl)cc2)CC1. The summed E-state index contributed by atoms with van der Waals surface area (Å²) in [5.41, 5.74) is 0.633. The van der Waals surface area contributed by atoms with Gasteiger partial charge in [-0.25, -0.2) is 0 Å². The predicted octanol–water partition coefficient (Wildman–Crippen LogP) is 2.60. The number of carbonyl (C=O) groups is 1. The van der Waals surface area contributed by atoms with Crippen molar-refractivity contribution < 1.29 is 9.90 Å². The van der Waals surface area contributed by atoms with E-state index in [1.54, 1.807) is 11.8 Å². The van der Waals surface area contributed by atoms with Gasteiger partial charge in [0.2, 0.25) is 5.91 Å². The highest BCUT2D eigenvalue weighted by Gasteiger charge is 2.51. The topological polar surface area (TPSA) is 49.3 Å². The molecule has 20 heavy (non-hydrogen) atoms. The van der Waals surface area contributed by atoms with E-state index in [-0.39, 0.29) is 23.8 Å². The van der Waals surface area contributed by atoms with Gasteiger partial charge in [0.05, 0.1) is 12.0 Å². The molecule has 2 rings (SSSR count). The number of amides is 1. The molecule has 2 atom stereocenters. The minimum absolute atomic E-state index is 0.0277. The Morgan fingerprint density at radius 2 is 2.05 bits per heavy atom. The zero-order valence-corrected chi connectivity index (χ0v) is 13.3. The van der Waals surface area contributed by atoms with Gasteiger partial charge in [-0.3, -0.25) is 4.79 Å². The first-order chi connectivity index (χ1) is 9.53. The van der Waals surface area contributed by atoms with E-state index in [0.717, 1.165) is 18.4 Å². The van der Waals surface area contributed by atoms with Gasteiger partial charge in [0.25, 0.3) is 0 Å². The molecule has 0 saturated heterocycles. The summed E-state index contributed by atoms with van der Waals surface area (Å²) in [6.07, 6.45) is 3.68. The van der Waals surface area contributed by atoms with Gasteiger partial charge in [-0.05, 0) is 43.7 Å². The first-order valence-electron chi connectivity index (χ1n) is 6.74. The maximum absolute atomic E-state index is 12.5. The highest BCUT2D eigenvalue weighted by Crippen LogP contribution is 2.48. The monoisotopic (exact) mass is 313 g/mol. The highest BCUT2D eigenvalue weighted by molar-refractivity contribution is 7.99. The highest BCUT2D eigenvalue weighted by atomic mass is 35.5. The Hall–Kier alpha value is -0.710. The van der Waals surface area contributed by atoms with Crippen LogP contribution >= 0.6 is 23.4 Å². The van der Waals surface area contributed by atoms with E-state index in [2.05, 4.69) is 5.32 Å². The van der Waals surface area contributed by atoms with Gasteiger partial charge in [-0.15, -0.1) is 0 Å². The fourth-order valence-corrected chi connectivity index (χ4v) is 3.17. The van der Waals surface area contributed by atoms with Crippen molar-refractivity contribution >= 4 is 29.3 Å². The van der Waals surface area contributed by atoms with Crippen LogP contribution in [0.4, 0.5) is 0 Å². The van der Waals surface area contributed by atoms with E-state index in [1.807, 2.05) is 37.4 Å². The molecule has 1 aromatic rings. The van der Waals surface area contributed by atoms with Gasteiger partial charge in [0.15, 0.2) is 0 Å². The number of nitrogens with one attached hydrogen (secondary N) is 1. The normalized spacial score (nSPS) is 19.2. The summed E-state index contributed by atoms with van der Waals surface area (Å²) in [7, 11) is 0. The Morgan fingerprint density at radius 1 is 1.45 bits per heavy atom. The predicted molar refractivity (Wildman–Crippen MR) is 84.4 cm³/mol. The molecule has 0 aliphatic heterocycles. The van der Waals surface area contributed by atoms with Crippen molar-refractivity contribution in [2.45, 2.75) is 36.5 Å². The van der Waals surface area contributed by atoms with Crippen LogP contribution in [0.15, 0.2) is 24.3 Å². The lowest BCUT2D eigenvalue weighted by atomic mass is 9.94. The molecule has 0 heterocycles. The fourth-order valence-electron chi connectivity index (χ4n) is 2.42. The van der Waals surface area contributed by atoms with Gasteiger partial charge in [0.1, 0.15) is 0 Å². The van der Waals surface area contributed by atoms with Crippen LogP contribution in [0.1, 0.15) is 25.3 Å². The van der Waals surface area contributed by atoms with Gasteiger partial charge in [0, 0.05) is 16.3 Å². The van der Waals surface area contributed by atoms with Crippen molar-refractivity contribution in [3.8, 4) is 0 Å². The molecule has 1 aliphatic rings. The van der Waals surface area contributed by atoms with E-state index >= 15 is 0 Å². The fraction of sp³-hybridized carbons (Fsp3) is 0.533. The van der Waals surface area contributed by atoms with Gasteiger partial charge >= 0.3 is 0 Å². The van der Waals surface area contributed by atoms with Gasteiger partial charge in [-0.2, -0.15) is 11.8 Å². The van der Waals surface area contributed by atoms with Gasteiger partial charge < -0.3 is 10.4 Å². The summed E-state index contributed by atoms with van der Waals surface area (Å²) in [5, 5.41) is 13.0. The van der Waals surface area contributed by atoms with Crippen LogP contribution < -0.4 is 5.32 Å². The second-order valence-electron chi connectivity index (χ2n) is 5.31. The van der Waals surface area contributed by atoms with Gasteiger partial charge in [-0.1, -0.05) is 23.7 Å². The van der Waals surface area contributed by atoms with Crippen molar-refractivity contribution in [2.24, 2.45) is 0 Å². The maximum atomic E-state index is 12.5. The average molecular weight is 314 g/mol. The summed E-state index contributed by atoms with van der Waals surface area (Å²) in [4.78, 5) is 12.5. The first kappa shape index (κ1) is 15.7. The molecule has 2 N–H and O–H groups in total. The third-order valence-electron chi connectivity index (χ3n) is 3.98. The van der Waals surface area contributed by atoms with Crippen molar-refractivity contribution in [1.29, 1.82) is 0 Å². The largest absolute Gasteiger partial charge is 0.395 e. The number of benzene rings is 1. The van der Waals surface area contributed by atoms with Crippen LogP contribution in [0.3, 0.4) is 0 Å². The molecule has 0 bridgehead atoms. The van der Waals surface area contributed by atoms with Crippen LogP contribution in [-0.4, -0.2) is 35.2 Å². The van der Waals surface area contributed by atoms with Crippen molar-refractivity contribution in [3.63, 3.8) is 0 Å². The molecular formula is C15H20ClNO2S. The van der Waals surface area contributed by atoms with Crippen LogP contribution in [0.5, 0.6) is 0 Å². The number of halogens is 1. The Kier molecular flexibility index (Phi) is 4.99. The summed E-state index contributed by atoms with van der Waals surface area (Å²) < 4.78 is 0. The third kappa shape index (κ3) is 3.13. The maximum Gasteiger partial charge on any atom is 0.230 e. The van der Waals surface area contributed by atoms with Crippen LogP contribution in [0.2, 0.25) is 5.02 Å². The number of aliphatic hydroxyl groups excluding tert-OH is 1. The van der Waals surface area contributed by atoms with Crippen molar-refractivity contribution in [3.05, 3.63) is 34.9 Å². The first-order valence-corrected chi connectivity index (χ1v) is 8.41. The molecule has 110 valence electrons. The van der Waals surface area contributed by atoms with E-state index in [1.165, 1.54) is 0 Å². The Balaban J connectivity index is 2.07. The summed E-state index contributed by atoms with van der Waals surface area (Å²) >= 11 is 7.46. The molecule has 0 aromatic heterocycles. The molecule has 2 unspecified atom stereocenters. The van der Waals surface area contributed by atoms with Crippen LogP contribution in [0.25, 0.3) is 0 Å². The minimum atomic E-state index is -0.392. The second-order valence-corrected chi connectivity index (χ2v) is 6.82. The number of hydrogen-bond donors (Lipinski definition) is 2. The summed E-state index contributed by atoms with van der Waals surface area (Å²) in [6.45, 7) is 2.00.